The summed E-state index contributed by atoms with van der Waals surface area (Å²) in [6.45, 7) is 4.06. The standard InChI is InChI=1S/C18H15N3O3S/c1-11-8-15-16(9-12(11)2)25-18(19-15)20-17(22)7-6-13-4-3-5-14(10-13)21(23)24/h3-10H,1-2H3,(H,19,20,22). The highest BCUT2D eigenvalue weighted by Crippen LogP contribution is 2.28. The summed E-state index contributed by atoms with van der Waals surface area (Å²) >= 11 is 1.41. The average Bonchev–Trinajstić information content (AvgIpc) is 2.94. The molecule has 0 bridgehead atoms. The van der Waals surface area contributed by atoms with Crippen LogP contribution in [0.25, 0.3) is 16.3 Å². The summed E-state index contributed by atoms with van der Waals surface area (Å²) in [5, 5.41) is 14.0. The van der Waals surface area contributed by atoms with Gasteiger partial charge < -0.3 is 0 Å². The van der Waals surface area contributed by atoms with Gasteiger partial charge >= 0.3 is 0 Å². The maximum absolute atomic E-state index is 12.1. The van der Waals surface area contributed by atoms with Crippen LogP contribution in [-0.4, -0.2) is 15.8 Å². The zero-order chi connectivity index (χ0) is 18.0. The zero-order valence-corrected chi connectivity index (χ0v) is 14.5. The Bertz CT molecular complexity index is 969. The number of nitro groups is 1. The summed E-state index contributed by atoms with van der Waals surface area (Å²) in [5.74, 6) is -0.334. The van der Waals surface area contributed by atoms with E-state index in [1.165, 1.54) is 41.2 Å². The van der Waals surface area contributed by atoms with E-state index in [0.717, 1.165) is 15.8 Å². The third-order valence-electron chi connectivity index (χ3n) is 3.74. The predicted molar refractivity (Wildman–Crippen MR) is 99.9 cm³/mol. The van der Waals surface area contributed by atoms with Crippen LogP contribution in [0, 0.1) is 24.0 Å². The van der Waals surface area contributed by atoms with Crippen molar-refractivity contribution in [2.45, 2.75) is 13.8 Å². The Morgan fingerprint density at radius 2 is 2.00 bits per heavy atom. The minimum atomic E-state index is -0.470. The lowest BCUT2D eigenvalue weighted by Crippen LogP contribution is -2.07. The highest BCUT2D eigenvalue weighted by molar-refractivity contribution is 7.22. The van der Waals surface area contributed by atoms with Gasteiger partial charge in [0.05, 0.1) is 15.1 Å². The number of nitrogens with one attached hydrogen (secondary N) is 1. The number of carbonyl (C=O) groups excluding carboxylic acids is 1. The van der Waals surface area contributed by atoms with E-state index in [9.17, 15) is 14.9 Å². The molecular formula is C18H15N3O3S. The fourth-order valence-electron chi connectivity index (χ4n) is 2.29. The van der Waals surface area contributed by atoms with Crippen LogP contribution < -0.4 is 5.32 Å². The minimum absolute atomic E-state index is 0.0144. The number of anilines is 1. The van der Waals surface area contributed by atoms with E-state index in [-0.39, 0.29) is 11.6 Å². The van der Waals surface area contributed by atoms with E-state index < -0.39 is 4.92 Å². The number of aryl methyl sites for hydroxylation is 2. The summed E-state index contributed by atoms with van der Waals surface area (Å²) in [5.41, 5.74) is 3.76. The summed E-state index contributed by atoms with van der Waals surface area (Å²) in [6, 6.07) is 10.1. The molecule has 0 aliphatic rings. The number of nitrogens with zero attached hydrogens (tertiary/aromatic N) is 2. The van der Waals surface area contributed by atoms with Gasteiger partial charge in [-0.05, 0) is 48.7 Å². The van der Waals surface area contributed by atoms with Crippen LogP contribution in [0.4, 0.5) is 10.8 Å². The van der Waals surface area contributed by atoms with Crippen LogP contribution in [0.5, 0.6) is 0 Å². The van der Waals surface area contributed by atoms with Crippen LogP contribution in [-0.2, 0) is 4.79 Å². The van der Waals surface area contributed by atoms with Crippen molar-refractivity contribution in [1.29, 1.82) is 0 Å². The Hall–Kier alpha value is -3.06. The van der Waals surface area contributed by atoms with Gasteiger partial charge in [0.2, 0.25) is 5.91 Å². The molecule has 0 spiro atoms. The average molecular weight is 353 g/mol. The number of thiazole rings is 1. The number of hydrogen-bond acceptors (Lipinski definition) is 5. The highest BCUT2D eigenvalue weighted by atomic mass is 32.1. The Morgan fingerprint density at radius 3 is 2.76 bits per heavy atom. The molecule has 0 saturated heterocycles. The smallest absolute Gasteiger partial charge is 0.270 e. The molecule has 25 heavy (non-hydrogen) atoms. The van der Waals surface area contributed by atoms with E-state index in [0.29, 0.717) is 10.7 Å². The maximum atomic E-state index is 12.1. The quantitative estimate of drug-likeness (QED) is 0.426. The molecule has 0 atom stereocenters. The molecular weight excluding hydrogens is 338 g/mol. The van der Waals surface area contributed by atoms with Gasteiger partial charge in [0.25, 0.3) is 5.69 Å². The number of nitro benzene ring substituents is 1. The van der Waals surface area contributed by atoms with E-state index in [1.807, 2.05) is 19.9 Å². The molecule has 2 aromatic carbocycles. The molecule has 3 aromatic rings. The first kappa shape index (κ1) is 16.8. The molecule has 1 N–H and O–H groups in total. The number of rotatable bonds is 4. The van der Waals surface area contributed by atoms with Gasteiger partial charge in [0.1, 0.15) is 0 Å². The van der Waals surface area contributed by atoms with E-state index in [2.05, 4.69) is 16.4 Å². The molecule has 0 aliphatic carbocycles. The molecule has 0 unspecified atom stereocenters. The summed E-state index contributed by atoms with van der Waals surface area (Å²) in [6.07, 6.45) is 2.87. The lowest BCUT2D eigenvalue weighted by molar-refractivity contribution is -0.384. The van der Waals surface area contributed by atoms with Crippen molar-refractivity contribution in [2.24, 2.45) is 0 Å². The largest absolute Gasteiger partial charge is 0.298 e. The van der Waals surface area contributed by atoms with Gasteiger partial charge in [-0.1, -0.05) is 23.5 Å². The Labute approximate surface area is 148 Å². The van der Waals surface area contributed by atoms with E-state index in [4.69, 9.17) is 0 Å². The van der Waals surface area contributed by atoms with Crippen molar-refractivity contribution < 1.29 is 9.72 Å². The second-order valence-electron chi connectivity index (χ2n) is 5.60. The van der Waals surface area contributed by atoms with Gasteiger partial charge in [-0.25, -0.2) is 4.98 Å². The fourth-order valence-corrected chi connectivity index (χ4v) is 3.24. The van der Waals surface area contributed by atoms with Gasteiger partial charge in [-0.2, -0.15) is 0 Å². The second kappa shape index (κ2) is 6.82. The van der Waals surface area contributed by atoms with Crippen LogP contribution in [0.2, 0.25) is 0 Å². The van der Waals surface area contributed by atoms with Crippen molar-refractivity contribution in [1.82, 2.24) is 4.98 Å². The van der Waals surface area contributed by atoms with E-state index in [1.54, 1.807) is 12.1 Å². The first-order valence-electron chi connectivity index (χ1n) is 7.54. The lowest BCUT2D eigenvalue weighted by Gasteiger charge is -1.97. The van der Waals surface area contributed by atoms with Crippen LogP contribution in [0.15, 0.2) is 42.5 Å². The van der Waals surface area contributed by atoms with Gasteiger partial charge in [0.15, 0.2) is 5.13 Å². The third-order valence-corrected chi connectivity index (χ3v) is 4.68. The number of non-ortho nitro benzene ring substituents is 1. The molecule has 1 aromatic heterocycles. The number of hydrogen-bond donors (Lipinski definition) is 1. The number of amides is 1. The SMILES string of the molecule is Cc1cc2nc(NC(=O)C=Cc3cccc([N+](=O)[O-])c3)sc2cc1C. The van der Waals surface area contributed by atoms with Crippen molar-refractivity contribution in [2.75, 3.05) is 5.32 Å². The van der Waals surface area contributed by atoms with Crippen LogP contribution in [0.3, 0.4) is 0 Å². The van der Waals surface area contributed by atoms with Crippen molar-refractivity contribution >= 4 is 44.4 Å². The second-order valence-corrected chi connectivity index (χ2v) is 6.63. The zero-order valence-electron chi connectivity index (χ0n) is 13.6. The molecule has 7 heteroatoms. The summed E-state index contributed by atoms with van der Waals surface area (Å²) in [4.78, 5) is 26.8. The van der Waals surface area contributed by atoms with Crippen LogP contribution >= 0.6 is 11.3 Å². The van der Waals surface area contributed by atoms with Gasteiger partial charge in [0, 0.05) is 18.2 Å². The summed E-state index contributed by atoms with van der Waals surface area (Å²) in [7, 11) is 0. The number of benzene rings is 2. The number of aromatic nitrogens is 1. The highest BCUT2D eigenvalue weighted by Gasteiger charge is 2.08. The Balaban J connectivity index is 1.74. The number of carbonyl (C=O) groups is 1. The first-order chi connectivity index (χ1) is 11.9. The molecule has 6 nitrogen and oxygen atoms in total. The lowest BCUT2D eigenvalue weighted by atomic mass is 10.1. The van der Waals surface area contributed by atoms with Crippen molar-refractivity contribution in [3.63, 3.8) is 0 Å². The molecule has 1 amide bonds. The Kier molecular flexibility index (Phi) is 4.58. The maximum Gasteiger partial charge on any atom is 0.270 e. The predicted octanol–water partition coefficient (Wildman–Crippen LogP) is 4.47. The molecule has 1 heterocycles. The Morgan fingerprint density at radius 1 is 1.24 bits per heavy atom. The van der Waals surface area contributed by atoms with Crippen molar-refractivity contribution in [3.05, 3.63) is 69.3 Å². The van der Waals surface area contributed by atoms with Gasteiger partial charge in [-0.15, -0.1) is 0 Å². The third kappa shape index (κ3) is 3.89. The topological polar surface area (TPSA) is 85.1 Å². The number of fused-ring (bicyclic) bond motifs is 1. The van der Waals surface area contributed by atoms with E-state index >= 15 is 0 Å². The fraction of sp³-hybridized carbons (Fsp3) is 0.111. The minimum Gasteiger partial charge on any atom is -0.298 e. The monoisotopic (exact) mass is 353 g/mol. The summed E-state index contributed by atoms with van der Waals surface area (Å²) < 4.78 is 1.01. The molecule has 126 valence electrons. The normalized spacial score (nSPS) is 11.1. The first-order valence-corrected chi connectivity index (χ1v) is 8.35. The molecule has 0 saturated carbocycles. The molecule has 0 aliphatic heterocycles. The van der Waals surface area contributed by atoms with Crippen molar-refractivity contribution in [3.8, 4) is 0 Å². The molecule has 3 rings (SSSR count). The molecule has 0 radical (unpaired) electrons. The van der Waals surface area contributed by atoms with Crippen LogP contribution in [0.1, 0.15) is 16.7 Å². The van der Waals surface area contributed by atoms with Gasteiger partial charge in [-0.3, -0.25) is 20.2 Å². The molecule has 0 fully saturated rings.